The molecule has 0 spiro atoms. The largest absolute Gasteiger partial charge is 0.371 e. The molecule has 0 radical (unpaired) electrons. The lowest BCUT2D eigenvalue weighted by molar-refractivity contribution is 0.148. The van der Waals surface area contributed by atoms with Gasteiger partial charge in [-0.2, -0.15) is 5.26 Å². The molecule has 0 aromatic heterocycles. The van der Waals surface area contributed by atoms with Gasteiger partial charge in [-0.15, -0.1) is 12.8 Å². The molecule has 2 fully saturated rings. The third-order valence-corrected chi connectivity index (χ3v) is 8.13. The van der Waals surface area contributed by atoms with Crippen LogP contribution in [0.1, 0.15) is 48.8 Å². The molecular weight excluding hydrogens is 428 g/mol. The smallest absolute Gasteiger partial charge is 0.101 e. The summed E-state index contributed by atoms with van der Waals surface area (Å²) in [6.07, 6.45) is 18.5. The van der Waals surface area contributed by atoms with Crippen LogP contribution in [0.15, 0.2) is 72.9 Å². The van der Waals surface area contributed by atoms with Gasteiger partial charge >= 0.3 is 0 Å². The van der Waals surface area contributed by atoms with E-state index in [-0.39, 0.29) is 5.54 Å². The first-order chi connectivity index (χ1) is 16.9. The summed E-state index contributed by atoms with van der Waals surface area (Å²) in [5.41, 5.74) is 8.10. The van der Waals surface area contributed by atoms with Crippen molar-refractivity contribution in [1.29, 1.82) is 5.26 Å². The van der Waals surface area contributed by atoms with E-state index < -0.39 is 0 Å². The quantitative estimate of drug-likeness (QED) is 0.572. The number of nitrogens with zero attached hydrogens (tertiary/aromatic N) is 2. The van der Waals surface area contributed by atoms with Crippen LogP contribution in [0.3, 0.4) is 0 Å². The van der Waals surface area contributed by atoms with Crippen LogP contribution >= 0.6 is 0 Å². The lowest BCUT2D eigenvalue weighted by Crippen LogP contribution is -2.52. The number of allylic oxidation sites excluding steroid dienone is 4. The number of aryl methyl sites for hydroxylation is 1. The molecular formula is C31H36N4. The van der Waals surface area contributed by atoms with Gasteiger partial charge in [-0.1, -0.05) is 55.7 Å². The third-order valence-electron chi connectivity index (χ3n) is 8.13. The van der Waals surface area contributed by atoms with Crippen molar-refractivity contribution in [2.75, 3.05) is 13.1 Å². The van der Waals surface area contributed by atoms with Gasteiger partial charge in [0, 0.05) is 18.8 Å². The Morgan fingerprint density at radius 2 is 1.86 bits per heavy atom. The Morgan fingerprint density at radius 3 is 2.51 bits per heavy atom. The molecule has 1 aromatic carbocycles. The van der Waals surface area contributed by atoms with Crippen molar-refractivity contribution in [2.24, 2.45) is 11.8 Å². The molecule has 2 aliphatic carbocycles. The highest BCUT2D eigenvalue weighted by Crippen LogP contribution is 2.47. The Balaban J connectivity index is 0.00000141. The van der Waals surface area contributed by atoms with E-state index in [1.54, 1.807) is 0 Å². The second-order valence-electron chi connectivity index (χ2n) is 10.1. The van der Waals surface area contributed by atoms with Crippen LogP contribution in [0.2, 0.25) is 0 Å². The van der Waals surface area contributed by atoms with Gasteiger partial charge in [0.05, 0.1) is 22.6 Å². The minimum absolute atomic E-state index is 0.220. The van der Waals surface area contributed by atoms with E-state index in [2.05, 4.69) is 91.5 Å². The molecule has 2 unspecified atom stereocenters. The first kappa shape index (κ1) is 24.5. The van der Waals surface area contributed by atoms with Crippen LogP contribution in [0.25, 0.3) is 5.57 Å². The second kappa shape index (κ2) is 9.93. The maximum Gasteiger partial charge on any atom is 0.101 e. The molecule has 180 valence electrons. The topological polar surface area (TPSA) is 51.1 Å². The molecule has 4 nitrogen and oxygen atoms in total. The average Bonchev–Trinajstić information content (AvgIpc) is 3.34. The van der Waals surface area contributed by atoms with E-state index in [1.807, 2.05) is 0 Å². The summed E-state index contributed by atoms with van der Waals surface area (Å²) in [5.74, 6) is 1.69. The van der Waals surface area contributed by atoms with Crippen molar-refractivity contribution in [3.63, 3.8) is 0 Å². The summed E-state index contributed by atoms with van der Waals surface area (Å²) in [7, 11) is 0. The number of rotatable bonds is 4. The molecule has 0 bridgehead atoms. The SMILES string of the molecule is C#C.C=C1NC(=C)C(CC2Cc3cc(C)ccc3C2=C)(C2CCN(C3=CCCC=C3C#N)CC2)N1. The first-order valence-corrected chi connectivity index (χ1v) is 12.5. The molecule has 1 aromatic rings. The van der Waals surface area contributed by atoms with Crippen LogP contribution in [-0.4, -0.2) is 23.5 Å². The molecule has 4 aliphatic rings. The molecule has 2 saturated heterocycles. The van der Waals surface area contributed by atoms with E-state index in [0.717, 1.165) is 74.4 Å². The fourth-order valence-electron chi connectivity index (χ4n) is 6.43. The zero-order valence-corrected chi connectivity index (χ0v) is 20.9. The van der Waals surface area contributed by atoms with Gasteiger partial charge in [0.2, 0.25) is 0 Å². The Labute approximate surface area is 210 Å². The predicted octanol–water partition coefficient (Wildman–Crippen LogP) is 5.58. The van der Waals surface area contributed by atoms with Gasteiger partial charge in [-0.25, -0.2) is 0 Å². The normalized spacial score (nSPS) is 25.9. The lowest BCUT2D eigenvalue weighted by Gasteiger charge is -2.45. The highest BCUT2D eigenvalue weighted by atomic mass is 15.2. The number of nitriles is 1. The Kier molecular flexibility index (Phi) is 6.95. The highest BCUT2D eigenvalue weighted by molar-refractivity contribution is 5.73. The fraction of sp³-hybridized carbons (Fsp3) is 0.387. The lowest BCUT2D eigenvalue weighted by atomic mass is 9.70. The zero-order chi connectivity index (χ0) is 25.2. The van der Waals surface area contributed by atoms with E-state index in [1.165, 1.54) is 22.3 Å². The van der Waals surface area contributed by atoms with Crippen molar-refractivity contribution >= 4 is 5.57 Å². The standard InChI is InChI=1S/C29H34N4.C2H2/c1-19-9-10-27-20(2)25(16-24(27)15-19)17-29(21(3)31-22(4)32-29)26-11-13-33(14-12-26)28-8-6-5-7-23(28)18-30;1-2/h7-10,15,25-26,31-32H,2-6,11-14,16-17H2,1H3;1-2H. The monoisotopic (exact) mass is 464 g/mol. The molecule has 2 aliphatic heterocycles. The fourth-order valence-corrected chi connectivity index (χ4v) is 6.43. The summed E-state index contributed by atoms with van der Waals surface area (Å²) in [4.78, 5) is 2.41. The van der Waals surface area contributed by atoms with Crippen molar-refractivity contribution in [2.45, 2.75) is 51.0 Å². The zero-order valence-electron chi connectivity index (χ0n) is 20.9. The number of hydrogen-bond donors (Lipinski definition) is 2. The molecule has 0 amide bonds. The molecule has 2 N–H and O–H groups in total. The summed E-state index contributed by atoms with van der Waals surface area (Å²) < 4.78 is 0. The van der Waals surface area contributed by atoms with Gasteiger partial charge in [-0.05, 0) is 74.0 Å². The highest BCUT2D eigenvalue weighted by Gasteiger charge is 2.49. The minimum atomic E-state index is -0.220. The van der Waals surface area contributed by atoms with Crippen LogP contribution in [0, 0.1) is 42.9 Å². The van der Waals surface area contributed by atoms with Crippen LogP contribution < -0.4 is 10.6 Å². The number of benzene rings is 1. The van der Waals surface area contributed by atoms with Crippen LogP contribution in [0.5, 0.6) is 0 Å². The second-order valence-corrected chi connectivity index (χ2v) is 10.1. The van der Waals surface area contributed by atoms with Gasteiger partial charge < -0.3 is 15.5 Å². The first-order valence-electron chi connectivity index (χ1n) is 12.5. The third kappa shape index (κ3) is 4.42. The molecule has 2 atom stereocenters. The van der Waals surface area contributed by atoms with Crippen molar-refractivity contribution in [3.8, 4) is 18.9 Å². The van der Waals surface area contributed by atoms with Gasteiger partial charge in [0.25, 0.3) is 0 Å². The number of likely N-dealkylation sites (tertiary alicyclic amines) is 1. The Hall–Kier alpha value is -3.63. The maximum atomic E-state index is 9.56. The molecule has 2 heterocycles. The number of nitrogens with one attached hydrogen (secondary N) is 2. The van der Waals surface area contributed by atoms with Crippen LogP contribution in [-0.2, 0) is 6.42 Å². The maximum absolute atomic E-state index is 9.56. The van der Waals surface area contributed by atoms with Gasteiger partial charge in [0.15, 0.2) is 0 Å². The van der Waals surface area contributed by atoms with Crippen molar-refractivity contribution < 1.29 is 0 Å². The van der Waals surface area contributed by atoms with Crippen LogP contribution in [0.4, 0.5) is 0 Å². The summed E-state index contributed by atoms with van der Waals surface area (Å²) in [6, 6.07) is 9.15. The molecule has 35 heavy (non-hydrogen) atoms. The van der Waals surface area contributed by atoms with Crippen molar-refractivity contribution in [3.05, 3.63) is 89.6 Å². The Morgan fingerprint density at radius 1 is 1.14 bits per heavy atom. The predicted molar refractivity (Wildman–Crippen MR) is 145 cm³/mol. The Bertz CT molecular complexity index is 1170. The summed E-state index contributed by atoms with van der Waals surface area (Å²) >= 11 is 0. The van der Waals surface area contributed by atoms with E-state index in [4.69, 9.17) is 0 Å². The number of terminal acetylenes is 1. The van der Waals surface area contributed by atoms with E-state index >= 15 is 0 Å². The molecule has 0 saturated carbocycles. The van der Waals surface area contributed by atoms with Gasteiger partial charge in [0.1, 0.15) is 6.07 Å². The van der Waals surface area contributed by atoms with Gasteiger partial charge in [-0.3, -0.25) is 0 Å². The summed E-state index contributed by atoms with van der Waals surface area (Å²) in [5, 5.41) is 16.7. The van der Waals surface area contributed by atoms with E-state index in [9.17, 15) is 5.26 Å². The number of fused-ring (bicyclic) bond motifs is 1. The van der Waals surface area contributed by atoms with Crippen molar-refractivity contribution in [1.82, 2.24) is 15.5 Å². The minimum Gasteiger partial charge on any atom is -0.371 e. The average molecular weight is 465 g/mol. The molecule has 5 rings (SSSR count). The summed E-state index contributed by atoms with van der Waals surface area (Å²) in [6.45, 7) is 17.2. The van der Waals surface area contributed by atoms with E-state index in [0.29, 0.717) is 11.8 Å². The number of hydrogen-bond acceptors (Lipinski definition) is 4. The number of piperidine rings is 1. The molecule has 4 heteroatoms.